The number of fused-ring (bicyclic) bond motifs is 1. The molecule has 0 radical (unpaired) electrons. The van der Waals surface area contributed by atoms with Gasteiger partial charge in [-0.1, -0.05) is 6.07 Å². The molecule has 1 aromatic carbocycles. The second kappa shape index (κ2) is 6.13. The maximum Gasteiger partial charge on any atom is 0.234 e. The molecule has 20 heavy (non-hydrogen) atoms. The summed E-state index contributed by atoms with van der Waals surface area (Å²) in [4.78, 5) is 14.7. The number of carbonyl (C=O) groups is 1. The molecule has 0 aliphatic carbocycles. The number of anilines is 1. The Labute approximate surface area is 122 Å². The highest BCUT2D eigenvalue weighted by Crippen LogP contribution is 2.33. The average molecular weight is 293 g/mol. The Hall–Kier alpha value is -1.08. The monoisotopic (exact) mass is 293 g/mol. The van der Waals surface area contributed by atoms with Crippen LogP contribution in [0.25, 0.3) is 0 Å². The van der Waals surface area contributed by atoms with Gasteiger partial charge in [0.15, 0.2) is 0 Å². The molecule has 1 atom stereocenters. The minimum absolute atomic E-state index is 0.0243. The maximum atomic E-state index is 11.4. The van der Waals surface area contributed by atoms with Gasteiger partial charge in [0, 0.05) is 37.6 Å². The van der Waals surface area contributed by atoms with Crippen molar-refractivity contribution in [2.45, 2.75) is 11.0 Å². The number of thioether (sulfide) groups is 1. The predicted molar refractivity (Wildman–Crippen MR) is 80.1 cm³/mol. The zero-order valence-electron chi connectivity index (χ0n) is 11.3. The molecule has 1 amide bonds. The summed E-state index contributed by atoms with van der Waals surface area (Å²) in [5.41, 5.74) is 1.69. The van der Waals surface area contributed by atoms with Gasteiger partial charge in [-0.25, -0.2) is 0 Å². The number of nitrogens with zero attached hydrogens (tertiary/aromatic N) is 1. The summed E-state index contributed by atoms with van der Waals surface area (Å²) < 4.78 is 0. The molecule has 0 spiro atoms. The van der Waals surface area contributed by atoms with Gasteiger partial charge >= 0.3 is 0 Å². The summed E-state index contributed by atoms with van der Waals surface area (Å²) in [6.07, 6.45) is -0.512. The molecule has 6 heteroatoms. The first-order chi connectivity index (χ1) is 9.72. The van der Waals surface area contributed by atoms with E-state index in [-0.39, 0.29) is 5.91 Å². The van der Waals surface area contributed by atoms with E-state index in [4.69, 9.17) is 0 Å². The zero-order chi connectivity index (χ0) is 13.9. The van der Waals surface area contributed by atoms with E-state index in [0.29, 0.717) is 12.3 Å². The first-order valence-corrected chi connectivity index (χ1v) is 7.89. The Bertz CT molecular complexity index is 503. The zero-order valence-corrected chi connectivity index (χ0v) is 12.1. The van der Waals surface area contributed by atoms with E-state index < -0.39 is 6.10 Å². The smallest absolute Gasteiger partial charge is 0.234 e. The minimum atomic E-state index is -0.512. The van der Waals surface area contributed by atoms with Crippen LogP contribution in [0.3, 0.4) is 0 Å². The predicted octanol–water partition coefficient (Wildman–Crippen LogP) is 0.669. The van der Waals surface area contributed by atoms with Crippen LogP contribution >= 0.6 is 11.8 Å². The van der Waals surface area contributed by atoms with Gasteiger partial charge in [-0.05, 0) is 17.7 Å². The lowest BCUT2D eigenvalue weighted by Crippen LogP contribution is -2.44. The molecule has 0 aromatic heterocycles. The van der Waals surface area contributed by atoms with Crippen LogP contribution in [0.1, 0.15) is 11.7 Å². The second-order valence-corrected chi connectivity index (χ2v) is 6.18. The average Bonchev–Trinajstić information content (AvgIpc) is 2.47. The molecule has 0 saturated carbocycles. The van der Waals surface area contributed by atoms with Gasteiger partial charge in [0.05, 0.1) is 17.5 Å². The fourth-order valence-corrected chi connectivity index (χ4v) is 3.34. The topological polar surface area (TPSA) is 64.6 Å². The minimum Gasteiger partial charge on any atom is -0.387 e. The lowest BCUT2D eigenvalue weighted by molar-refractivity contribution is -0.113. The van der Waals surface area contributed by atoms with Gasteiger partial charge < -0.3 is 15.7 Å². The van der Waals surface area contributed by atoms with Crippen LogP contribution < -0.4 is 10.6 Å². The molecule has 5 nitrogen and oxygen atoms in total. The van der Waals surface area contributed by atoms with Crippen molar-refractivity contribution in [3.8, 4) is 0 Å². The number of carbonyl (C=O) groups excluding carboxylic acids is 1. The summed E-state index contributed by atoms with van der Waals surface area (Å²) in [6.45, 7) is 4.53. The van der Waals surface area contributed by atoms with E-state index in [1.54, 1.807) is 11.8 Å². The van der Waals surface area contributed by atoms with Crippen LogP contribution in [0.15, 0.2) is 23.1 Å². The molecule has 3 N–H and O–H groups in total. The third kappa shape index (κ3) is 3.15. The van der Waals surface area contributed by atoms with Gasteiger partial charge in [0.2, 0.25) is 5.91 Å². The van der Waals surface area contributed by atoms with Gasteiger partial charge in [-0.2, -0.15) is 0 Å². The van der Waals surface area contributed by atoms with Crippen molar-refractivity contribution in [3.05, 3.63) is 23.8 Å². The van der Waals surface area contributed by atoms with Crippen molar-refractivity contribution in [2.75, 3.05) is 43.8 Å². The summed E-state index contributed by atoms with van der Waals surface area (Å²) in [5.74, 6) is 0.492. The first kappa shape index (κ1) is 13.9. The maximum absolute atomic E-state index is 11.4. The number of hydrogen-bond acceptors (Lipinski definition) is 5. The summed E-state index contributed by atoms with van der Waals surface area (Å²) in [6, 6.07) is 5.83. The molecule has 1 saturated heterocycles. The second-order valence-electron chi connectivity index (χ2n) is 5.16. The van der Waals surface area contributed by atoms with Crippen molar-refractivity contribution in [1.29, 1.82) is 0 Å². The Balaban J connectivity index is 1.69. The number of hydrogen-bond donors (Lipinski definition) is 3. The molecule has 1 fully saturated rings. The van der Waals surface area contributed by atoms with E-state index in [9.17, 15) is 9.90 Å². The highest BCUT2D eigenvalue weighted by Gasteiger charge is 2.19. The van der Waals surface area contributed by atoms with Crippen LogP contribution in [-0.4, -0.2) is 54.4 Å². The number of piperazine rings is 1. The van der Waals surface area contributed by atoms with E-state index in [1.165, 1.54) is 0 Å². The third-order valence-electron chi connectivity index (χ3n) is 3.66. The van der Waals surface area contributed by atoms with Crippen LogP contribution in [-0.2, 0) is 4.79 Å². The summed E-state index contributed by atoms with van der Waals surface area (Å²) in [7, 11) is 0. The van der Waals surface area contributed by atoms with Gasteiger partial charge in [0.25, 0.3) is 0 Å². The molecule has 2 aliphatic heterocycles. The molecule has 0 bridgehead atoms. The lowest BCUT2D eigenvalue weighted by Gasteiger charge is -2.29. The first-order valence-electron chi connectivity index (χ1n) is 6.90. The van der Waals surface area contributed by atoms with Crippen molar-refractivity contribution in [2.24, 2.45) is 0 Å². The van der Waals surface area contributed by atoms with E-state index >= 15 is 0 Å². The SMILES string of the molecule is O=C1CSc2ccc(C(O)CN3CCNCC3)cc2N1. The largest absolute Gasteiger partial charge is 0.387 e. The fraction of sp³-hybridized carbons (Fsp3) is 0.500. The van der Waals surface area contributed by atoms with E-state index in [2.05, 4.69) is 15.5 Å². The normalized spacial score (nSPS) is 21.1. The number of aliphatic hydroxyl groups excluding tert-OH is 1. The Morgan fingerprint density at radius 1 is 1.35 bits per heavy atom. The molecule has 2 heterocycles. The third-order valence-corrected chi connectivity index (χ3v) is 4.74. The van der Waals surface area contributed by atoms with Crippen molar-refractivity contribution in [1.82, 2.24) is 10.2 Å². The van der Waals surface area contributed by atoms with Crippen LogP contribution in [0, 0.1) is 0 Å². The molecule has 1 unspecified atom stereocenters. The van der Waals surface area contributed by atoms with E-state index in [1.807, 2.05) is 18.2 Å². The highest BCUT2D eigenvalue weighted by atomic mass is 32.2. The van der Waals surface area contributed by atoms with Gasteiger partial charge in [-0.15, -0.1) is 11.8 Å². The molecular weight excluding hydrogens is 274 g/mol. The van der Waals surface area contributed by atoms with Gasteiger partial charge in [-0.3, -0.25) is 9.69 Å². The van der Waals surface area contributed by atoms with Crippen LogP contribution in [0.2, 0.25) is 0 Å². The number of amides is 1. The summed E-state index contributed by atoms with van der Waals surface area (Å²) >= 11 is 1.54. The highest BCUT2D eigenvalue weighted by molar-refractivity contribution is 8.00. The molecule has 1 aromatic rings. The molecule has 3 rings (SSSR count). The standard InChI is InChI=1S/C14H19N3O2S/c18-12(8-17-5-3-15-4-6-17)10-1-2-13-11(7-10)16-14(19)9-20-13/h1-2,7,12,15,18H,3-6,8-9H2,(H,16,19). The van der Waals surface area contributed by atoms with Crippen LogP contribution in [0.5, 0.6) is 0 Å². The molecule has 2 aliphatic rings. The quantitative estimate of drug-likeness (QED) is 0.764. The molecular formula is C14H19N3O2S. The Morgan fingerprint density at radius 2 is 2.15 bits per heavy atom. The van der Waals surface area contributed by atoms with Gasteiger partial charge in [0.1, 0.15) is 0 Å². The Morgan fingerprint density at radius 3 is 2.95 bits per heavy atom. The number of aliphatic hydroxyl groups is 1. The summed E-state index contributed by atoms with van der Waals surface area (Å²) in [5, 5.41) is 16.5. The Kier molecular flexibility index (Phi) is 4.26. The number of rotatable bonds is 3. The molecule has 108 valence electrons. The fourth-order valence-electron chi connectivity index (χ4n) is 2.55. The van der Waals surface area contributed by atoms with Crippen molar-refractivity contribution >= 4 is 23.4 Å². The van der Waals surface area contributed by atoms with Crippen molar-refractivity contribution in [3.63, 3.8) is 0 Å². The van der Waals surface area contributed by atoms with E-state index in [0.717, 1.165) is 42.3 Å². The van der Waals surface area contributed by atoms with Crippen LogP contribution in [0.4, 0.5) is 5.69 Å². The number of β-amino-alcohol motifs (C(OH)–C–C–N with tert-alkyl or cyclic N) is 1. The number of benzene rings is 1. The number of nitrogens with one attached hydrogen (secondary N) is 2. The van der Waals surface area contributed by atoms with Crippen molar-refractivity contribution < 1.29 is 9.90 Å². The lowest BCUT2D eigenvalue weighted by atomic mass is 10.1.